The van der Waals surface area contributed by atoms with Gasteiger partial charge in [0, 0.05) is 12.7 Å². The lowest BCUT2D eigenvalue weighted by molar-refractivity contribution is 0.300. The van der Waals surface area contributed by atoms with Gasteiger partial charge < -0.3 is 5.32 Å². The minimum atomic E-state index is -0.00164. The topological polar surface area (TPSA) is 36.1 Å². The monoisotopic (exact) mass is 215 g/mol. The van der Waals surface area contributed by atoms with Crippen LogP contribution >= 0.6 is 9.24 Å². The van der Waals surface area contributed by atoms with E-state index in [1.807, 2.05) is 21.1 Å². The Labute approximate surface area is 89.3 Å². The molecule has 0 radical (unpaired) electrons. The number of likely N-dealkylation sites (N-methyl/N-ethyl adjacent to an activating group) is 2. The standard InChI is InChI=1S/C10H22N3P/c1-11-9-5-4-6-10(12-2,13-3)8(9)7-14/h11-13H,4-7,14H2,1-3H3. The number of nitrogens with one attached hydrogen (secondary N) is 3. The van der Waals surface area contributed by atoms with Gasteiger partial charge in [-0.05, 0) is 45.1 Å². The lowest BCUT2D eigenvalue weighted by Gasteiger charge is -2.40. The second kappa shape index (κ2) is 5.11. The molecule has 0 aromatic rings. The summed E-state index contributed by atoms with van der Waals surface area (Å²) in [6, 6.07) is 0. The van der Waals surface area contributed by atoms with E-state index in [1.54, 1.807) is 0 Å². The third-order valence-corrected chi connectivity index (χ3v) is 3.63. The van der Waals surface area contributed by atoms with Gasteiger partial charge in [0.05, 0.1) is 5.66 Å². The van der Waals surface area contributed by atoms with Gasteiger partial charge in [-0.15, -0.1) is 9.24 Å². The van der Waals surface area contributed by atoms with E-state index < -0.39 is 0 Å². The summed E-state index contributed by atoms with van der Waals surface area (Å²) in [5.41, 5.74) is 2.83. The molecule has 82 valence electrons. The van der Waals surface area contributed by atoms with Crippen molar-refractivity contribution >= 4 is 9.24 Å². The molecule has 0 aromatic carbocycles. The molecule has 0 heterocycles. The lowest BCUT2D eigenvalue weighted by Crippen LogP contribution is -2.57. The zero-order valence-corrected chi connectivity index (χ0v) is 10.6. The fourth-order valence-electron chi connectivity index (χ4n) is 2.34. The minimum absolute atomic E-state index is 0.00164. The minimum Gasteiger partial charge on any atom is -0.391 e. The van der Waals surface area contributed by atoms with Gasteiger partial charge in [-0.25, -0.2) is 0 Å². The van der Waals surface area contributed by atoms with Crippen LogP contribution < -0.4 is 16.0 Å². The van der Waals surface area contributed by atoms with Crippen molar-refractivity contribution in [2.24, 2.45) is 0 Å². The SMILES string of the molecule is CNC1=C(CP)C(NC)(NC)CCC1. The predicted octanol–water partition coefficient (Wildman–Crippen LogP) is 0.654. The van der Waals surface area contributed by atoms with Crippen molar-refractivity contribution in [3.05, 3.63) is 11.3 Å². The Kier molecular flexibility index (Phi) is 4.36. The molecule has 4 heteroatoms. The first-order valence-electron chi connectivity index (χ1n) is 5.22. The van der Waals surface area contributed by atoms with Crippen LogP contribution in [-0.4, -0.2) is 33.0 Å². The molecule has 3 N–H and O–H groups in total. The molecule has 3 nitrogen and oxygen atoms in total. The molecule has 1 unspecified atom stereocenters. The van der Waals surface area contributed by atoms with Gasteiger partial charge in [0.2, 0.25) is 0 Å². The summed E-state index contributed by atoms with van der Waals surface area (Å²) in [6.45, 7) is 0. The second-order valence-electron chi connectivity index (χ2n) is 3.67. The molecule has 0 aromatic heterocycles. The van der Waals surface area contributed by atoms with Gasteiger partial charge in [-0.3, -0.25) is 10.6 Å². The van der Waals surface area contributed by atoms with Crippen LogP contribution in [0.1, 0.15) is 19.3 Å². The Balaban J connectivity index is 3.05. The van der Waals surface area contributed by atoms with E-state index in [4.69, 9.17) is 0 Å². The normalized spacial score (nSPS) is 21.1. The number of allylic oxidation sites excluding steroid dienone is 1. The highest BCUT2D eigenvalue weighted by Crippen LogP contribution is 2.31. The second-order valence-corrected chi connectivity index (χ2v) is 4.08. The largest absolute Gasteiger partial charge is 0.391 e. The van der Waals surface area contributed by atoms with Crippen LogP contribution in [0.25, 0.3) is 0 Å². The molecule has 0 saturated carbocycles. The third-order valence-electron chi connectivity index (χ3n) is 3.22. The molecule has 0 fully saturated rings. The Morgan fingerprint density at radius 2 is 1.93 bits per heavy atom. The van der Waals surface area contributed by atoms with Crippen molar-refractivity contribution in [1.82, 2.24) is 16.0 Å². The van der Waals surface area contributed by atoms with Crippen molar-refractivity contribution in [2.45, 2.75) is 24.9 Å². The van der Waals surface area contributed by atoms with E-state index in [1.165, 1.54) is 24.1 Å². The Hall–Kier alpha value is -0.110. The third kappa shape index (κ3) is 1.95. The maximum atomic E-state index is 3.41. The first kappa shape index (κ1) is 12.0. The highest BCUT2D eigenvalue weighted by atomic mass is 31.0. The lowest BCUT2D eigenvalue weighted by atomic mass is 9.86. The molecule has 1 rings (SSSR count). The summed E-state index contributed by atoms with van der Waals surface area (Å²) in [5.74, 6) is 0. The van der Waals surface area contributed by atoms with Gasteiger partial charge in [-0.1, -0.05) is 0 Å². The van der Waals surface area contributed by atoms with Crippen LogP contribution in [0.3, 0.4) is 0 Å². The molecule has 1 atom stereocenters. The van der Waals surface area contributed by atoms with E-state index in [0.717, 1.165) is 12.6 Å². The Morgan fingerprint density at radius 3 is 2.36 bits per heavy atom. The van der Waals surface area contributed by atoms with Crippen LogP contribution in [-0.2, 0) is 0 Å². The molecule has 0 amide bonds. The quantitative estimate of drug-likeness (QED) is 0.476. The smallest absolute Gasteiger partial charge is 0.0927 e. The number of rotatable bonds is 4. The molecule has 0 aliphatic heterocycles. The number of hydrogen-bond donors (Lipinski definition) is 3. The molecule has 0 spiro atoms. The maximum absolute atomic E-state index is 3.41. The summed E-state index contributed by atoms with van der Waals surface area (Å²) in [5, 5.41) is 10.1. The Morgan fingerprint density at radius 1 is 1.29 bits per heavy atom. The molecular weight excluding hydrogens is 193 g/mol. The van der Waals surface area contributed by atoms with Crippen molar-refractivity contribution in [3.8, 4) is 0 Å². The average Bonchev–Trinajstić information content (AvgIpc) is 2.27. The predicted molar refractivity (Wildman–Crippen MR) is 65.4 cm³/mol. The first-order valence-corrected chi connectivity index (χ1v) is 6.04. The highest BCUT2D eigenvalue weighted by Gasteiger charge is 2.34. The fraction of sp³-hybridized carbons (Fsp3) is 0.800. The number of hydrogen-bond acceptors (Lipinski definition) is 3. The van der Waals surface area contributed by atoms with E-state index in [0.29, 0.717) is 0 Å². The average molecular weight is 215 g/mol. The maximum Gasteiger partial charge on any atom is 0.0927 e. The van der Waals surface area contributed by atoms with Crippen LogP contribution in [0.15, 0.2) is 11.3 Å². The molecule has 0 bridgehead atoms. The van der Waals surface area contributed by atoms with E-state index in [-0.39, 0.29) is 5.66 Å². The molecule has 1 aliphatic rings. The van der Waals surface area contributed by atoms with Crippen molar-refractivity contribution < 1.29 is 0 Å². The van der Waals surface area contributed by atoms with Crippen LogP contribution in [0.5, 0.6) is 0 Å². The zero-order chi connectivity index (χ0) is 10.6. The van der Waals surface area contributed by atoms with Crippen LogP contribution in [0.4, 0.5) is 0 Å². The zero-order valence-electron chi connectivity index (χ0n) is 9.41. The summed E-state index contributed by atoms with van der Waals surface area (Å²) < 4.78 is 0. The van der Waals surface area contributed by atoms with E-state index in [9.17, 15) is 0 Å². The summed E-state index contributed by atoms with van der Waals surface area (Å²) in [4.78, 5) is 0. The van der Waals surface area contributed by atoms with Gasteiger partial charge >= 0.3 is 0 Å². The fourth-order valence-corrected chi connectivity index (χ4v) is 2.93. The molecular formula is C10H22N3P. The van der Waals surface area contributed by atoms with Gasteiger partial charge in [0.25, 0.3) is 0 Å². The van der Waals surface area contributed by atoms with Gasteiger partial charge in [-0.2, -0.15) is 0 Å². The van der Waals surface area contributed by atoms with Crippen molar-refractivity contribution in [3.63, 3.8) is 0 Å². The summed E-state index contributed by atoms with van der Waals surface area (Å²) in [6.07, 6.45) is 4.57. The highest BCUT2D eigenvalue weighted by molar-refractivity contribution is 7.16. The van der Waals surface area contributed by atoms with Crippen LogP contribution in [0, 0.1) is 0 Å². The summed E-state index contributed by atoms with van der Waals surface area (Å²) in [7, 11) is 8.88. The Bertz CT molecular complexity index is 221. The van der Waals surface area contributed by atoms with Gasteiger partial charge in [0.15, 0.2) is 0 Å². The first-order chi connectivity index (χ1) is 6.74. The van der Waals surface area contributed by atoms with E-state index in [2.05, 4.69) is 25.2 Å². The summed E-state index contributed by atoms with van der Waals surface area (Å²) >= 11 is 0. The molecule has 0 saturated heterocycles. The van der Waals surface area contributed by atoms with Crippen molar-refractivity contribution in [2.75, 3.05) is 27.3 Å². The molecule has 1 aliphatic carbocycles. The molecule has 14 heavy (non-hydrogen) atoms. The van der Waals surface area contributed by atoms with Crippen LogP contribution in [0.2, 0.25) is 0 Å². The van der Waals surface area contributed by atoms with E-state index >= 15 is 0 Å². The van der Waals surface area contributed by atoms with Gasteiger partial charge in [0.1, 0.15) is 0 Å². The van der Waals surface area contributed by atoms with Crippen molar-refractivity contribution in [1.29, 1.82) is 0 Å².